The lowest BCUT2D eigenvalue weighted by Gasteiger charge is -2.52. The van der Waals surface area contributed by atoms with Gasteiger partial charge in [-0.15, -0.1) is 0 Å². The van der Waals surface area contributed by atoms with Crippen molar-refractivity contribution in [2.24, 2.45) is 0 Å². The summed E-state index contributed by atoms with van der Waals surface area (Å²) in [5.41, 5.74) is 0.615. The van der Waals surface area contributed by atoms with Crippen molar-refractivity contribution < 1.29 is 56.9 Å². The average molecular weight is 576 g/mol. The Balaban J connectivity index is 1.71. The second kappa shape index (κ2) is 11.3. The first-order valence-corrected chi connectivity index (χ1v) is 13.5. The molecule has 2 fully saturated rings. The summed E-state index contributed by atoms with van der Waals surface area (Å²) < 4.78 is 47.0. The highest BCUT2D eigenvalue weighted by molar-refractivity contribution is 6.62. The highest BCUT2D eigenvalue weighted by Gasteiger charge is 2.62. The molecule has 224 valence electrons. The van der Waals surface area contributed by atoms with E-state index >= 15 is 0 Å². The minimum absolute atomic E-state index is 0.159. The Morgan fingerprint density at radius 3 is 2.00 bits per heavy atom. The summed E-state index contributed by atoms with van der Waals surface area (Å²) in [5, 5.41) is 0. The van der Waals surface area contributed by atoms with Gasteiger partial charge in [0, 0.05) is 34.1 Å². The van der Waals surface area contributed by atoms with Gasteiger partial charge < -0.3 is 37.7 Å². The lowest BCUT2D eigenvalue weighted by molar-refractivity contribution is -0.345. The number of rotatable bonds is 6. The van der Waals surface area contributed by atoms with Gasteiger partial charge in [0.1, 0.15) is 18.5 Å². The number of fused-ring (bicyclic) bond motifs is 1. The third-order valence-electron chi connectivity index (χ3n) is 7.76. The molecule has 0 bridgehead atoms. The predicted octanol–water partition coefficient (Wildman–Crippen LogP) is 1.76. The van der Waals surface area contributed by atoms with Gasteiger partial charge in [-0.05, 0) is 51.2 Å². The van der Waals surface area contributed by atoms with Crippen molar-refractivity contribution in [1.29, 1.82) is 0 Å². The molecule has 5 atom stereocenters. The Bertz CT molecular complexity index is 1200. The number of aryl methyl sites for hydroxylation is 1. The number of benzene rings is 1. The van der Waals surface area contributed by atoms with Crippen LogP contribution in [0.1, 0.15) is 67.4 Å². The maximum Gasteiger partial charge on any atom is 0.494 e. The minimum Gasteiger partial charge on any atom is -0.463 e. The van der Waals surface area contributed by atoms with E-state index in [9.17, 15) is 19.2 Å². The Kier molecular flexibility index (Phi) is 8.46. The average Bonchev–Trinajstić information content (AvgIpc) is 3.07. The van der Waals surface area contributed by atoms with E-state index in [1.807, 2.05) is 39.8 Å². The molecule has 4 rings (SSSR count). The highest BCUT2D eigenvalue weighted by Crippen LogP contribution is 2.44. The van der Waals surface area contributed by atoms with Gasteiger partial charge in [-0.1, -0.05) is 12.1 Å². The van der Waals surface area contributed by atoms with E-state index in [1.54, 1.807) is 6.07 Å². The van der Waals surface area contributed by atoms with Gasteiger partial charge in [-0.3, -0.25) is 19.2 Å². The van der Waals surface area contributed by atoms with Crippen LogP contribution >= 0.6 is 0 Å². The number of carbonyl (C=O) groups is 4. The van der Waals surface area contributed by atoms with Crippen molar-refractivity contribution in [3.8, 4) is 5.75 Å². The normalized spacial score (nSPS) is 29.6. The fourth-order valence-electron chi connectivity index (χ4n) is 5.19. The lowest BCUT2D eigenvalue weighted by atomic mass is 9.77. The van der Waals surface area contributed by atoms with Crippen LogP contribution in [0.2, 0.25) is 0 Å². The second-order valence-corrected chi connectivity index (χ2v) is 11.5. The van der Waals surface area contributed by atoms with Crippen molar-refractivity contribution in [3.05, 3.63) is 23.8 Å². The van der Waals surface area contributed by atoms with E-state index in [4.69, 9.17) is 37.7 Å². The standard InChI is InChI=1S/C28H37BO12/c1-15(30)34-14-22-23(35-16(2)31)24(36-17(3)32)25(37-18(4)33)28(39-22)12-11-19-13-20(9-10-21(19)38-28)29-40-26(5,6)27(7,8)41-29/h9-10,13,22-25H,11-12,14H2,1-8H3/t22-,23-,24+,25+,28+/m1/s1. The summed E-state index contributed by atoms with van der Waals surface area (Å²) in [4.78, 5) is 48.1. The van der Waals surface area contributed by atoms with Crippen LogP contribution in [0.25, 0.3) is 0 Å². The van der Waals surface area contributed by atoms with Crippen molar-refractivity contribution in [2.45, 2.75) is 110 Å². The van der Waals surface area contributed by atoms with Crippen LogP contribution in [-0.4, -0.2) is 79.0 Å². The Morgan fingerprint density at radius 2 is 1.44 bits per heavy atom. The van der Waals surface area contributed by atoms with E-state index < -0.39 is 72.4 Å². The predicted molar refractivity (Wildman–Crippen MR) is 142 cm³/mol. The Morgan fingerprint density at radius 1 is 0.854 bits per heavy atom. The van der Waals surface area contributed by atoms with Crippen LogP contribution in [0.4, 0.5) is 0 Å². The molecule has 0 aromatic heterocycles. The Labute approximate surface area is 239 Å². The molecule has 1 aromatic rings. The number of carbonyl (C=O) groups excluding carboxylic acids is 4. The van der Waals surface area contributed by atoms with E-state index in [2.05, 4.69) is 0 Å². The third kappa shape index (κ3) is 6.36. The summed E-state index contributed by atoms with van der Waals surface area (Å²) >= 11 is 0. The smallest absolute Gasteiger partial charge is 0.463 e. The molecule has 0 radical (unpaired) electrons. The van der Waals surface area contributed by atoms with Crippen LogP contribution in [0.5, 0.6) is 5.75 Å². The van der Waals surface area contributed by atoms with Crippen LogP contribution < -0.4 is 10.2 Å². The maximum atomic E-state index is 12.3. The maximum absolute atomic E-state index is 12.3. The zero-order valence-corrected chi connectivity index (χ0v) is 24.6. The molecule has 1 aromatic carbocycles. The fourth-order valence-corrected chi connectivity index (χ4v) is 5.19. The summed E-state index contributed by atoms with van der Waals surface area (Å²) in [6, 6.07) is 5.48. The zero-order chi connectivity index (χ0) is 30.3. The molecule has 41 heavy (non-hydrogen) atoms. The molecule has 0 N–H and O–H groups in total. The molecule has 1 spiro atoms. The summed E-state index contributed by atoms with van der Waals surface area (Å²) in [7, 11) is -0.577. The molecular formula is C28H37BO12. The molecule has 0 aliphatic carbocycles. The second-order valence-electron chi connectivity index (χ2n) is 11.5. The van der Waals surface area contributed by atoms with Gasteiger partial charge in [0.15, 0.2) is 12.2 Å². The van der Waals surface area contributed by atoms with Gasteiger partial charge in [0.25, 0.3) is 5.79 Å². The minimum atomic E-state index is -1.66. The molecule has 12 nitrogen and oxygen atoms in total. The molecular weight excluding hydrogens is 539 g/mol. The summed E-state index contributed by atoms with van der Waals surface area (Å²) in [5.74, 6) is -3.93. The van der Waals surface area contributed by atoms with E-state index in [-0.39, 0.29) is 13.0 Å². The molecule has 3 aliphatic rings. The first-order valence-electron chi connectivity index (χ1n) is 13.5. The molecule has 0 saturated carbocycles. The number of hydrogen-bond acceptors (Lipinski definition) is 12. The molecule has 3 aliphatic heterocycles. The lowest BCUT2D eigenvalue weighted by Crippen LogP contribution is -2.70. The van der Waals surface area contributed by atoms with E-state index in [0.717, 1.165) is 11.0 Å². The van der Waals surface area contributed by atoms with Gasteiger partial charge in [-0.25, -0.2) is 0 Å². The molecule has 0 unspecified atom stereocenters. The van der Waals surface area contributed by atoms with E-state index in [0.29, 0.717) is 12.2 Å². The van der Waals surface area contributed by atoms with Gasteiger partial charge in [0.2, 0.25) is 6.10 Å². The summed E-state index contributed by atoms with van der Waals surface area (Å²) in [6.45, 7) is 12.3. The van der Waals surface area contributed by atoms with Gasteiger partial charge in [-0.2, -0.15) is 0 Å². The monoisotopic (exact) mass is 576 g/mol. The summed E-state index contributed by atoms with van der Waals surface area (Å²) in [6.07, 6.45) is -4.44. The molecule has 13 heteroatoms. The van der Waals surface area contributed by atoms with Crippen molar-refractivity contribution in [3.63, 3.8) is 0 Å². The first-order chi connectivity index (χ1) is 19.0. The topological polar surface area (TPSA) is 142 Å². The first kappa shape index (κ1) is 30.8. The largest absolute Gasteiger partial charge is 0.494 e. The zero-order valence-electron chi connectivity index (χ0n) is 24.6. The van der Waals surface area contributed by atoms with Gasteiger partial charge in [0.05, 0.1) is 11.2 Å². The molecule has 3 heterocycles. The molecule has 0 amide bonds. The fraction of sp³-hybridized carbons (Fsp3) is 0.643. The number of ether oxygens (including phenoxy) is 6. The van der Waals surface area contributed by atoms with Crippen LogP contribution in [0.15, 0.2) is 18.2 Å². The van der Waals surface area contributed by atoms with Crippen LogP contribution in [0.3, 0.4) is 0 Å². The van der Waals surface area contributed by atoms with Crippen molar-refractivity contribution in [2.75, 3.05) is 6.61 Å². The van der Waals surface area contributed by atoms with Crippen molar-refractivity contribution in [1.82, 2.24) is 0 Å². The Hall–Kier alpha value is -3.16. The van der Waals surface area contributed by atoms with Crippen molar-refractivity contribution >= 4 is 36.5 Å². The van der Waals surface area contributed by atoms with E-state index in [1.165, 1.54) is 27.7 Å². The van der Waals surface area contributed by atoms with Gasteiger partial charge >= 0.3 is 31.0 Å². The third-order valence-corrected chi connectivity index (χ3v) is 7.76. The molecule has 2 saturated heterocycles. The number of hydrogen-bond donors (Lipinski definition) is 0. The van der Waals surface area contributed by atoms with Crippen LogP contribution in [-0.2, 0) is 58.6 Å². The number of esters is 4. The van der Waals surface area contributed by atoms with Crippen LogP contribution in [0, 0.1) is 0 Å². The highest BCUT2D eigenvalue weighted by atomic mass is 16.8. The quantitative estimate of drug-likeness (QED) is 0.277. The SMILES string of the molecule is CC(=O)OC[C@H]1O[C@@]2(CCc3cc(B4OC(C)(C)C(C)(C)O4)ccc3O2)[C@@H](OC(C)=O)[C@@H](OC(C)=O)[C@@H]1OC(C)=O.